The number of halogens is 1. The van der Waals surface area contributed by atoms with E-state index in [1.165, 1.54) is 27.4 Å². The Morgan fingerprint density at radius 3 is 2.96 bits per heavy atom. The van der Waals surface area contributed by atoms with E-state index in [9.17, 15) is 0 Å². The van der Waals surface area contributed by atoms with Crippen molar-refractivity contribution in [2.75, 3.05) is 6.61 Å². The van der Waals surface area contributed by atoms with E-state index in [1.54, 1.807) is 11.3 Å². The number of ether oxygens (including phenoxy) is 1. The minimum absolute atomic E-state index is 0.187. The van der Waals surface area contributed by atoms with Crippen molar-refractivity contribution in [2.45, 2.75) is 64.1 Å². The number of nitrogens with one attached hydrogen (secondary N) is 1. The lowest BCUT2D eigenvalue weighted by Crippen LogP contribution is -2.55. The Bertz CT molecular complexity index is 708. The quantitative estimate of drug-likeness (QED) is 0.811. The Morgan fingerprint density at radius 2 is 2.22 bits per heavy atom. The maximum absolute atomic E-state index is 6.40. The van der Waals surface area contributed by atoms with Crippen LogP contribution in [0, 0.1) is 0 Å². The zero-order chi connectivity index (χ0) is 16.2. The zero-order valence-corrected chi connectivity index (χ0v) is 15.5. The smallest absolute Gasteiger partial charge is 0.106 e. The van der Waals surface area contributed by atoms with Gasteiger partial charge in [0.15, 0.2) is 0 Å². The van der Waals surface area contributed by atoms with E-state index in [0.29, 0.717) is 6.04 Å². The molecule has 0 amide bonds. The Labute approximate surface area is 146 Å². The molecule has 23 heavy (non-hydrogen) atoms. The number of piperidine rings is 1. The van der Waals surface area contributed by atoms with Crippen molar-refractivity contribution in [3.8, 4) is 0 Å². The average molecular weight is 351 g/mol. The molecule has 1 spiro atoms. The van der Waals surface area contributed by atoms with Crippen LogP contribution in [-0.4, -0.2) is 24.4 Å². The first kappa shape index (κ1) is 15.8. The summed E-state index contributed by atoms with van der Waals surface area (Å²) in [4.78, 5) is 6.18. The van der Waals surface area contributed by atoms with Gasteiger partial charge in [-0.3, -0.25) is 4.99 Å². The van der Waals surface area contributed by atoms with Crippen molar-refractivity contribution < 1.29 is 4.74 Å². The molecule has 1 aromatic rings. The molecule has 4 rings (SSSR count). The summed E-state index contributed by atoms with van der Waals surface area (Å²) in [5.74, 6) is 0. The predicted octanol–water partition coefficient (Wildman–Crippen LogP) is 4.45. The van der Waals surface area contributed by atoms with Crippen molar-refractivity contribution in [3.05, 3.63) is 32.1 Å². The normalized spacial score (nSPS) is 34.0. The molecule has 124 valence electrons. The second-order valence-electron chi connectivity index (χ2n) is 7.17. The van der Waals surface area contributed by atoms with E-state index in [0.717, 1.165) is 36.6 Å². The topological polar surface area (TPSA) is 33.6 Å². The van der Waals surface area contributed by atoms with Crippen LogP contribution in [0.5, 0.6) is 0 Å². The van der Waals surface area contributed by atoms with Crippen molar-refractivity contribution in [1.29, 1.82) is 0 Å². The second-order valence-corrected chi connectivity index (χ2v) is 8.86. The summed E-state index contributed by atoms with van der Waals surface area (Å²) in [5.41, 5.74) is 5.03. The van der Waals surface area contributed by atoms with Crippen LogP contribution in [0.25, 0.3) is 0 Å². The molecule has 4 heterocycles. The predicted molar refractivity (Wildman–Crippen MR) is 96.7 cm³/mol. The van der Waals surface area contributed by atoms with Crippen LogP contribution in [0.3, 0.4) is 0 Å². The molecule has 0 saturated carbocycles. The second kappa shape index (κ2) is 5.69. The van der Waals surface area contributed by atoms with Gasteiger partial charge in [0.25, 0.3) is 0 Å². The summed E-state index contributed by atoms with van der Waals surface area (Å²) in [6, 6.07) is 2.83. The maximum Gasteiger partial charge on any atom is 0.106 e. The van der Waals surface area contributed by atoms with Crippen LogP contribution >= 0.6 is 22.9 Å². The number of thiophene rings is 1. The molecular formula is C18H23ClN2OS. The summed E-state index contributed by atoms with van der Waals surface area (Å²) in [5, 5.41) is 3.74. The molecule has 1 N–H and O–H groups in total. The zero-order valence-electron chi connectivity index (χ0n) is 13.9. The molecule has 5 heteroatoms. The van der Waals surface area contributed by atoms with Gasteiger partial charge in [-0.15, -0.1) is 11.3 Å². The van der Waals surface area contributed by atoms with Crippen molar-refractivity contribution >= 4 is 28.6 Å². The third-order valence-electron chi connectivity index (χ3n) is 5.38. The summed E-state index contributed by atoms with van der Waals surface area (Å²) in [6.07, 6.45) is 3.93. The molecule has 0 bridgehead atoms. The molecule has 1 saturated heterocycles. The van der Waals surface area contributed by atoms with Crippen molar-refractivity contribution in [1.82, 2.24) is 5.32 Å². The minimum Gasteiger partial charge on any atom is -0.369 e. The van der Waals surface area contributed by atoms with Gasteiger partial charge in [-0.1, -0.05) is 11.6 Å². The van der Waals surface area contributed by atoms with Crippen LogP contribution in [0.1, 0.15) is 50.5 Å². The van der Waals surface area contributed by atoms with E-state index in [-0.39, 0.29) is 11.6 Å². The largest absolute Gasteiger partial charge is 0.369 e. The van der Waals surface area contributed by atoms with Crippen LogP contribution < -0.4 is 5.32 Å². The summed E-state index contributed by atoms with van der Waals surface area (Å²) in [7, 11) is 0. The number of aliphatic imine (C=N–C) groups is 1. The number of nitrogens with zero attached hydrogens (tertiary/aromatic N) is 1. The van der Waals surface area contributed by atoms with Gasteiger partial charge in [0.2, 0.25) is 0 Å². The molecule has 0 radical (unpaired) electrons. The van der Waals surface area contributed by atoms with E-state index in [1.807, 2.05) is 0 Å². The number of fused-ring (bicyclic) bond motifs is 2. The van der Waals surface area contributed by atoms with Gasteiger partial charge >= 0.3 is 0 Å². The number of hydrogen-bond acceptors (Lipinski definition) is 4. The lowest BCUT2D eigenvalue weighted by atomic mass is 9.78. The van der Waals surface area contributed by atoms with Crippen molar-refractivity contribution in [2.24, 2.45) is 4.99 Å². The highest BCUT2D eigenvalue weighted by Gasteiger charge is 2.47. The molecule has 0 aliphatic carbocycles. The molecule has 3 atom stereocenters. The number of rotatable bonds is 1. The highest BCUT2D eigenvalue weighted by Crippen LogP contribution is 2.48. The van der Waals surface area contributed by atoms with E-state index in [4.69, 9.17) is 21.3 Å². The van der Waals surface area contributed by atoms with Crippen LogP contribution in [0.4, 0.5) is 0 Å². The fourth-order valence-corrected chi connectivity index (χ4v) is 5.69. The first-order chi connectivity index (χ1) is 11.0. The van der Waals surface area contributed by atoms with Crippen LogP contribution in [0.2, 0.25) is 4.34 Å². The number of allylic oxidation sites excluding steroid dienone is 2. The maximum atomic E-state index is 6.40. The first-order valence-electron chi connectivity index (χ1n) is 8.39. The molecule has 0 unspecified atom stereocenters. The van der Waals surface area contributed by atoms with E-state index < -0.39 is 0 Å². The molecule has 3 aliphatic heterocycles. The molecule has 1 fully saturated rings. The van der Waals surface area contributed by atoms with Crippen LogP contribution in [-0.2, 0) is 16.8 Å². The third kappa shape index (κ3) is 2.70. The highest BCUT2D eigenvalue weighted by atomic mass is 35.5. The summed E-state index contributed by atoms with van der Waals surface area (Å²) in [6.45, 7) is 7.34. The lowest BCUT2D eigenvalue weighted by molar-refractivity contribution is -0.0895. The fourth-order valence-electron chi connectivity index (χ4n) is 4.23. The summed E-state index contributed by atoms with van der Waals surface area (Å²) < 4.78 is 7.29. The monoisotopic (exact) mass is 350 g/mol. The van der Waals surface area contributed by atoms with E-state index >= 15 is 0 Å². The summed E-state index contributed by atoms with van der Waals surface area (Å²) >= 11 is 8.01. The van der Waals surface area contributed by atoms with Gasteiger partial charge in [-0.05, 0) is 50.8 Å². The standard InChI is InChI=1S/C18H23ClN2OS/c1-10-6-14(21-12(10)3)15-9-18(8-11(2)20-15)17-13(4-5-22-18)7-16(19)23-17/h7,11,15,20H,4-6,8-9H2,1-3H3/t11-,15-,18-/m0/s1. The van der Waals surface area contributed by atoms with Gasteiger partial charge in [-0.2, -0.15) is 0 Å². The van der Waals surface area contributed by atoms with Gasteiger partial charge in [0.1, 0.15) is 5.60 Å². The molecule has 3 aliphatic rings. The molecule has 1 aromatic heterocycles. The van der Waals surface area contributed by atoms with Gasteiger partial charge < -0.3 is 10.1 Å². The Morgan fingerprint density at radius 1 is 1.39 bits per heavy atom. The average Bonchev–Trinajstić information content (AvgIpc) is 3.02. The van der Waals surface area contributed by atoms with Crippen LogP contribution in [0.15, 0.2) is 22.3 Å². The molecule has 0 aromatic carbocycles. The SMILES string of the molecule is CC1=C(C)N=C([C@@H]2C[C@]3(C[C@H](C)N2)OCCc2cc(Cl)sc23)C1. The first-order valence-corrected chi connectivity index (χ1v) is 9.59. The number of hydrogen-bond donors (Lipinski definition) is 1. The third-order valence-corrected chi connectivity index (χ3v) is 6.87. The Kier molecular flexibility index (Phi) is 3.92. The lowest BCUT2D eigenvalue weighted by Gasteiger charge is -2.46. The molecular weight excluding hydrogens is 328 g/mol. The van der Waals surface area contributed by atoms with Gasteiger partial charge in [0.05, 0.1) is 10.9 Å². The molecule has 3 nitrogen and oxygen atoms in total. The van der Waals surface area contributed by atoms with Gasteiger partial charge in [0, 0.05) is 41.2 Å². The highest BCUT2D eigenvalue weighted by molar-refractivity contribution is 7.16. The van der Waals surface area contributed by atoms with E-state index in [2.05, 4.69) is 32.2 Å². The Hall–Kier alpha value is -0.680. The minimum atomic E-state index is -0.187. The van der Waals surface area contributed by atoms with Crippen molar-refractivity contribution in [3.63, 3.8) is 0 Å². The fraction of sp³-hybridized carbons (Fsp3) is 0.611. The van der Waals surface area contributed by atoms with Gasteiger partial charge in [-0.25, -0.2) is 0 Å². The Balaban J connectivity index is 1.67.